The molecule has 2 atom stereocenters. The predicted molar refractivity (Wildman–Crippen MR) is 117 cm³/mol. The number of ether oxygens (including phenoxy) is 1. The smallest absolute Gasteiger partial charge is 0.209 e. The van der Waals surface area contributed by atoms with E-state index in [1.807, 2.05) is 23.1 Å². The van der Waals surface area contributed by atoms with E-state index in [9.17, 15) is 8.42 Å². The fourth-order valence-electron chi connectivity index (χ4n) is 4.62. The molecule has 2 aromatic heterocycles. The summed E-state index contributed by atoms with van der Waals surface area (Å²) >= 11 is 12.9. The lowest BCUT2D eigenvalue weighted by molar-refractivity contribution is -0.0394. The third-order valence-electron chi connectivity index (χ3n) is 5.79. The Labute approximate surface area is 185 Å². The zero-order chi connectivity index (χ0) is 21.0. The average molecular weight is 469 g/mol. The summed E-state index contributed by atoms with van der Waals surface area (Å²) in [4.78, 5) is 0. The maximum Gasteiger partial charge on any atom is 0.209 e. The lowest BCUT2D eigenvalue weighted by Crippen LogP contribution is -2.35. The number of hydrogen-bond donors (Lipinski definition) is 1. The summed E-state index contributed by atoms with van der Waals surface area (Å²) in [6, 6.07) is 3.54. The number of sulfonamides is 1. The highest BCUT2D eigenvalue weighted by Gasteiger charge is 2.32. The molecule has 1 saturated heterocycles. The Morgan fingerprint density at radius 1 is 1.27 bits per heavy atom. The van der Waals surface area contributed by atoms with Gasteiger partial charge in [0.1, 0.15) is 6.23 Å². The largest absolute Gasteiger partial charge is 0.357 e. The molecule has 160 valence electrons. The molecule has 1 N–H and O–H groups in total. The molecule has 0 aliphatic carbocycles. The van der Waals surface area contributed by atoms with Crippen molar-refractivity contribution in [1.29, 1.82) is 0 Å². The predicted octanol–water partition coefficient (Wildman–Crippen LogP) is 3.98. The van der Waals surface area contributed by atoms with Crippen molar-refractivity contribution in [1.82, 2.24) is 19.1 Å². The molecule has 7 nitrogen and oxygen atoms in total. The molecule has 2 aliphatic rings. The van der Waals surface area contributed by atoms with Crippen LogP contribution in [0.3, 0.4) is 0 Å². The molecular weight excluding hydrogens is 447 g/mol. The number of fused-ring (bicyclic) bond motifs is 3. The Kier molecular flexibility index (Phi) is 5.10. The zero-order valence-corrected chi connectivity index (χ0v) is 18.8. The van der Waals surface area contributed by atoms with E-state index in [0.717, 1.165) is 53.6 Å². The molecule has 3 aromatic rings. The molecule has 2 aliphatic heterocycles. The van der Waals surface area contributed by atoms with Crippen LogP contribution in [-0.4, -0.2) is 41.7 Å². The normalized spacial score (nSPS) is 22.0. The lowest BCUT2D eigenvalue weighted by atomic mass is 10.0. The van der Waals surface area contributed by atoms with E-state index in [-0.39, 0.29) is 12.3 Å². The van der Waals surface area contributed by atoms with Crippen LogP contribution in [0.1, 0.15) is 31.2 Å². The second kappa shape index (κ2) is 7.53. The van der Waals surface area contributed by atoms with Crippen LogP contribution in [0.5, 0.6) is 0 Å². The van der Waals surface area contributed by atoms with Crippen LogP contribution in [0.2, 0.25) is 10.0 Å². The van der Waals surface area contributed by atoms with E-state index < -0.39 is 10.0 Å². The van der Waals surface area contributed by atoms with Gasteiger partial charge < -0.3 is 9.30 Å². The second-order valence-corrected chi connectivity index (χ2v) is 10.6. The first-order valence-electron chi connectivity index (χ1n) is 9.94. The van der Waals surface area contributed by atoms with Crippen LogP contribution in [0.25, 0.3) is 22.0 Å². The summed E-state index contributed by atoms with van der Waals surface area (Å²) in [7, 11) is -3.32. The van der Waals surface area contributed by atoms with Gasteiger partial charge >= 0.3 is 0 Å². The molecule has 1 aromatic carbocycles. The number of benzene rings is 1. The van der Waals surface area contributed by atoms with Crippen LogP contribution in [0, 0.1) is 0 Å². The molecule has 0 radical (unpaired) electrons. The molecule has 0 amide bonds. The third-order valence-corrected chi connectivity index (χ3v) is 7.34. The molecule has 1 fully saturated rings. The van der Waals surface area contributed by atoms with E-state index in [1.165, 1.54) is 6.26 Å². The Hall–Kier alpha value is -1.58. The van der Waals surface area contributed by atoms with E-state index in [0.29, 0.717) is 23.0 Å². The van der Waals surface area contributed by atoms with Gasteiger partial charge in [-0.25, -0.2) is 17.8 Å². The average Bonchev–Trinajstić information content (AvgIpc) is 3.38. The number of rotatable bonds is 4. The highest BCUT2D eigenvalue weighted by atomic mass is 35.5. The van der Waals surface area contributed by atoms with Gasteiger partial charge in [0.2, 0.25) is 10.0 Å². The standard InChI is InChI=1S/C20H22Cl2N4O3S/c1-30(27,28)24-13-8-16-18(12-9-23-26(10-12)17-4-2-3-7-29-17)14-5-6-15(21)19(22)20(14)25(16)11-13/h5-6,9-10,13,17,24H,2-4,7-8,11H2,1H3. The molecule has 5 rings (SSSR count). The first-order chi connectivity index (χ1) is 14.3. The van der Waals surface area contributed by atoms with Crippen LogP contribution >= 0.6 is 23.2 Å². The van der Waals surface area contributed by atoms with Gasteiger partial charge in [-0.3, -0.25) is 0 Å². The first-order valence-corrected chi connectivity index (χ1v) is 12.6. The number of nitrogens with one attached hydrogen (secondary N) is 1. The number of halogens is 2. The van der Waals surface area contributed by atoms with Crippen LogP contribution in [-0.2, 0) is 27.7 Å². The molecule has 0 saturated carbocycles. The van der Waals surface area contributed by atoms with Crippen LogP contribution < -0.4 is 4.72 Å². The number of aromatic nitrogens is 3. The zero-order valence-electron chi connectivity index (χ0n) is 16.4. The maximum absolute atomic E-state index is 11.8. The number of nitrogens with zero attached hydrogens (tertiary/aromatic N) is 3. The SMILES string of the molecule is CS(=O)(=O)NC1Cc2c(-c3cnn(C4CCCCO4)c3)c3ccc(Cl)c(Cl)c3n2C1. The Morgan fingerprint density at radius 2 is 2.10 bits per heavy atom. The van der Waals surface area contributed by atoms with Gasteiger partial charge in [0.05, 0.1) is 28.0 Å². The molecule has 10 heteroatoms. The van der Waals surface area contributed by atoms with E-state index >= 15 is 0 Å². The van der Waals surface area contributed by atoms with Crippen LogP contribution in [0.15, 0.2) is 24.5 Å². The van der Waals surface area contributed by atoms with E-state index in [2.05, 4.69) is 14.4 Å². The first kappa shape index (κ1) is 20.3. The van der Waals surface area contributed by atoms with Crippen molar-refractivity contribution >= 4 is 44.1 Å². The van der Waals surface area contributed by atoms with Crippen molar-refractivity contribution < 1.29 is 13.2 Å². The topological polar surface area (TPSA) is 78.2 Å². The van der Waals surface area contributed by atoms with Gasteiger partial charge in [0, 0.05) is 54.0 Å². The molecule has 0 spiro atoms. The highest BCUT2D eigenvalue weighted by molar-refractivity contribution is 7.88. The minimum Gasteiger partial charge on any atom is -0.357 e. The quantitative estimate of drug-likeness (QED) is 0.627. The number of hydrogen-bond acceptors (Lipinski definition) is 4. The molecule has 4 heterocycles. The van der Waals surface area contributed by atoms with Gasteiger partial charge in [0.15, 0.2) is 0 Å². The van der Waals surface area contributed by atoms with Crippen molar-refractivity contribution in [2.45, 2.75) is 44.5 Å². The minimum atomic E-state index is -3.32. The van der Waals surface area contributed by atoms with Crippen molar-refractivity contribution in [2.75, 3.05) is 12.9 Å². The summed E-state index contributed by atoms with van der Waals surface area (Å²) in [5.41, 5.74) is 3.83. The molecule has 0 bridgehead atoms. The Bertz CT molecular complexity index is 1230. The molecule has 2 unspecified atom stereocenters. The second-order valence-electron chi connectivity index (χ2n) is 8.01. The lowest BCUT2D eigenvalue weighted by Gasteiger charge is -2.22. The maximum atomic E-state index is 11.8. The molecular formula is C20H22Cl2N4O3S. The van der Waals surface area contributed by atoms with Crippen molar-refractivity contribution in [3.8, 4) is 11.1 Å². The summed E-state index contributed by atoms with van der Waals surface area (Å²) in [6.07, 6.45) is 8.68. The van der Waals surface area contributed by atoms with Gasteiger partial charge in [-0.1, -0.05) is 29.3 Å². The van der Waals surface area contributed by atoms with Gasteiger partial charge in [-0.05, 0) is 25.3 Å². The Morgan fingerprint density at radius 3 is 2.83 bits per heavy atom. The fraction of sp³-hybridized carbons (Fsp3) is 0.450. The monoisotopic (exact) mass is 468 g/mol. The fourth-order valence-corrected chi connectivity index (χ4v) is 5.81. The van der Waals surface area contributed by atoms with Crippen LogP contribution in [0.4, 0.5) is 0 Å². The summed E-state index contributed by atoms with van der Waals surface area (Å²) in [5.74, 6) is 0. The van der Waals surface area contributed by atoms with Gasteiger partial charge in [0.25, 0.3) is 0 Å². The summed E-state index contributed by atoms with van der Waals surface area (Å²) < 4.78 is 36.1. The van der Waals surface area contributed by atoms with Gasteiger partial charge in [-0.15, -0.1) is 0 Å². The van der Waals surface area contributed by atoms with Crippen molar-refractivity contribution in [3.63, 3.8) is 0 Å². The molecule has 30 heavy (non-hydrogen) atoms. The van der Waals surface area contributed by atoms with E-state index in [1.54, 1.807) is 6.07 Å². The van der Waals surface area contributed by atoms with Gasteiger partial charge in [-0.2, -0.15) is 5.10 Å². The Balaban J connectivity index is 1.62. The van der Waals surface area contributed by atoms with E-state index in [4.69, 9.17) is 27.9 Å². The summed E-state index contributed by atoms with van der Waals surface area (Å²) in [5, 5.41) is 6.50. The summed E-state index contributed by atoms with van der Waals surface area (Å²) in [6.45, 7) is 1.25. The van der Waals surface area contributed by atoms with Crippen molar-refractivity contribution in [2.24, 2.45) is 0 Å². The third kappa shape index (κ3) is 3.54. The highest BCUT2D eigenvalue weighted by Crippen LogP contribution is 2.43. The van der Waals surface area contributed by atoms with Crippen molar-refractivity contribution in [3.05, 3.63) is 40.3 Å². The minimum absolute atomic E-state index is 0.0490.